The van der Waals surface area contributed by atoms with E-state index in [-0.39, 0.29) is 0 Å². The molecule has 1 aliphatic heterocycles. The summed E-state index contributed by atoms with van der Waals surface area (Å²) in [5.74, 6) is 3.42. The lowest BCUT2D eigenvalue weighted by Crippen LogP contribution is -2.38. The van der Waals surface area contributed by atoms with Crippen LogP contribution in [0.5, 0.6) is 0 Å². The first-order valence-corrected chi connectivity index (χ1v) is 6.45. The van der Waals surface area contributed by atoms with Crippen LogP contribution in [0.1, 0.15) is 13.8 Å². The summed E-state index contributed by atoms with van der Waals surface area (Å²) in [4.78, 5) is 2.56. The zero-order valence-corrected chi connectivity index (χ0v) is 9.70. The van der Waals surface area contributed by atoms with Gasteiger partial charge in [-0.1, -0.05) is 13.8 Å². The Labute approximate surface area is 86.5 Å². The molecule has 78 valence electrons. The van der Waals surface area contributed by atoms with Gasteiger partial charge in [0.1, 0.15) is 0 Å². The second-order valence-corrected chi connectivity index (χ2v) is 5.28. The van der Waals surface area contributed by atoms with E-state index in [1.807, 2.05) is 0 Å². The molecule has 1 rings (SSSR count). The number of rotatable bonds is 5. The Bertz CT molecular complexity index is 122. The second kappa shape index (κ2) is 6.68. The lowest BCUT2D eigenvalue weighted by atomic mass is 10.2. The molecule has 1 N–H and O–H groups in total. The molecule has 0 atom stereocenters. The van der Waals surface area contributed by atoms with Gasteiger partial charge in [-0.15, -0.1) is 0 Å². The van der Waals surface area contributed by atoms with E-state index in [1.165, 1.54) is 31.1 Å². The predicted molar refractivity (Wildman–Crippen MR) is 61.5 cm³/mol. The third kappa shape index (κ3) is 5.55. The second-order valence-electron chi connectivity index (χ2n) is 4.05. The molecular weight excluding hydrogens is 180 g/mol. The maximum absolute atomic E-state index is 3.48. The van der Waals surface area contributed by atoms with Crippen molar-refractivity contribution in [2.75, 3.05) is 44.2 Å². The molecule has 2 nitrogen and oxygen atoms in total. The standard InChI is InChI=1S/C10H22N2S/c1-10(2)9-11-3-4-12-5-7-13-8-6-12/h10-11H,3-9H2,1-2H3. The highest BCUT2D eigenvalue weighted by atomic mass is 32.2. The smallest absolute Gasteiger partial charge is 0.0107 e. The number of nitrogens with zero attached hydrogens (tertiary/aromatic N) is 1. The fourth-order valence-electron chi connectivity index (χ4n) is 1.45. The van der Waals surface area contributed by atoms with Crippen LogP contribution < -0.4 is 5.32 Å². The van der Waals surface area contributed by atoms with Gasteiger partial charge in [0.15, 0.2) is 0 Å². The molecule has 0 aromatic carbocycles. The molecule has 1 heterocycles. The molecule has 0 aliphatic carbocycles. The molecule has 0 aromatic rings. The van der Waals surface area contributed by atoms with Crippen molar-refractivity contribution in [1.29, 1.82) is 0 Å². The van der Waals surface area contributed by atoms with Gasteiger partial charge in [0.2, 0.25) is 0 Å². The minimum atomic E-state index is 0.775. The van der Waals surface area contributed by atoms with Gasteiger partial charge in [-0.05, 0) is 12.5 Å². The number of nitrogens with one attached hydrogen (secondary N) is 1. The van der Waals surface area contributed by atoms with Gasteiger partial charge in [-0.2, -0.15) is 11.8 Å². The molecule has 1 fully saturated rings. The zero-order chi connectivity index (χ0) is 9.52. The van der Waals surface area contributed by atoms with Crippen LogP contribution in [0.25, 0.3) is 0 Å². The number of hydrogen-bond acceptors (Lipinski definition) is 3. The van der Waals surface area contributed by atoms with Crippen molar-refractivity contribution in [3.63, 3.8) is 0 Å². The maximum Gasteiger partial charge on any atom is 0.0107 e. The fraction of sp³-hybridized carbons (Fsp3) is 1.00. The van der Waals surface area contributed by atoms with Crippen LogP contribution in [0.4, 0.5) is 0 Å². The third-order valence-electron chi connectivity index (χ3n) is 2.26. The Hall–Kier alpha value is 0.270. The van der Waals surface area contributed by atoms with E-state index in [0.717, 1.165) is 19.0 Å². The first kappa shape index (κ1) is 11.3. The summed E-state index contributed by atoms with van der Waals surface area (Å²) in [6.45, 7) is 10.6. The minimum absolute atomic E-state index is 0.775. The van der Waals surface area contributed by atoms with E-state index < -0.39 is 0 Å². The topological polar surface area (TPSA) is 15.3 Å². The van der Waals surface area contributed by atoms with Gasteiger partial charge >= 0.3 is 0 Å². The summed E-state index contributed by atoms with van der Waals surface area (Å²) in [5, 5.41) is 3.48. The Kier molecular flexibility index (Phi) is 5.83. The highest BCUT2D eigenvalue weighted by Gasteiger charge is 2.08. The first-order valence-electron chi connectivity index (χ1n) is 5.30. The Morgan fingerprint density at radius 3 is 2.62 bits per heavy atom. The average molecular weight is 202 g/mol. The van der Waals surface area contributed by atoms with Gasteiger partial charge in [0.05, 0.1) is 0 Å². The van der Waals surface area contributed by atoms with Crippen molar-refractivity contribution in [2.45, 2.75) is 13.8 Å². The van der Waals surface area contributed by atoms with E-state index in [4.69, 9.17) is 0 Å². The van der Waals surface area contributed by atoms with Crippen molar-refractivity contribution >= 4 is 11.8 Å². The molecule has 0 saturated carbocycles. The number of hydrogen-bond donors (Lipinski definition) is 1. The van der Waals surface area contributed by atoms with Gasteiger partial charge < -0.3 is 10.2 Å². The Balaban J connectivity index is 1.92. The molecule has 0 spiro atoms. The van der Waals surface area contributed by atoms with Gasteiger partial charge in [0.25, 0.3) is 0 Å². The molecule has 3 heteroatoms. The van der Waals surface area contributed by atoms with Crippen LogP contribution in [0.2, 0.25) is 0 Å². The largest absolute Gasteiger partial charge is 0.315 e. The summed E-state index contributed by atoms with van der Waals surface area (Å²) < 4.78 is 0. The van der Waals surface area contributed by atoms with Gasteiger partial charge in [-0.3, -0.25) is 0 Å². The summed E-state index contributed by atoms with van der Waals surface area (Å²) >= 11 is 2.08. The van der Waals surface area contributed by atoms with Crippen LogP contribution in [-0.4, -0.2) is 49.1 Å². The lowest BCUT2D eigenvalue weighted by Gasteiger charge is -2.26. The molecule has 13 heavy (non-hydrogen) atoms. The zero-order valence-electron chi connectivity index (χ0n) is 8.88. The number of thioether (sulfide) groups is 1. The fourth-order valence-corrected chi connectivity index (χ4v) is 2.43. The van der Waals surface area contributed by atoms with Gasteiger partial charge in [-0.25, -0.2) is 0 Å². The molecule has 0 amide bonds. The Morgan fingerprint density at radius 1 is 1.31 bits per heavy atom. The van der Waals surface area contributed by atoms with Crippen LogP contribution in [0.15, 0.2) is 0 Å². The van der Waals surface area contributed by atoms with Crippen molar-refractivity contribution in [3.05, 3.63) is 0 Å². The first-order chi connectivity index (χ1) is 6.29. The van der Waals surface area contributed by atoms with E-state index in [1.54, 1.807) is 0 Å². The molecule has 0 aromatic heterocycles. The minimum Gasteiger partial charge on any atom is -0.315 e. The van der Waals surface area contributed by atoms with Crippen molar-refractivity contribution in [3.8, 4) is 0 Å². The molecule has 1 saturated heterocycles. The molecule has 1 aliphatic rings. The average Bonchev–Trinajstić information content (AvgIpc) is 2.14. The normalized spacial score (nSPS) is 19.6. The van der Waals surface area contributed by atoms with Crippen molar-refractivity contribution in [2.24, 2.45) is 5.92 Å². The Morgan fingerprint density at radius 2 is 2.00 bits per heavy atom. The predicted octanol–water partition coefficient (Wildman–Crippen LogP) is 1.28. The molecule has 0 unspecified atom stereocenters. The highest BCUT2D eigenvalue weighted by Crippen LogP contribution is 2.07. The lowest BCUT2D eigenvalue weighted by molar-refractivity contribution is 0.299. The monoisotopic (exact) mass is 202 g/mol. The summed E-state index contributed by atoms with van der Waals surface area (Å²) in [6, 6.07) is 0. The van der Waals surface area contributed by atoms with Crippen LogP contribution in [-0.2, 0) is 0 Å². The van der Waals surface area contributed by atoms with Crippen molar-refractivity contribution in [1.82, 2.24) is 10.2 Å². The summed E-state index contributed by atoms with van der Waals surface area (Å²) in [5.41, 5.74) is 0. The van der Waals surface area contributed by atoms with E-state index in [0.29, 0.717) is 0 Å². The highest BCUT2D eigenvalue weighted by molar-refractivity contribution is 7.99. The van der Waals surface area contributed by atoms with Crippen LogP contribution in [0.3, 0.4) is 0 Å². The summed E-state index contributed by atoms with van der Waals surface area (Å²) in [6.07, 6.45) is 0. The van der Waals surface area contributed by atoms with Crippen LogP contribution >= 0.6 is 11.8 Å². The van der Waals surface area contributed by atoms with E-state index >= 15 is 0 Å². The van der Waals surface area contributed by atoms with E-state index in [2.05, 4.69) is 35.8 Å². The van der Waals surface area contributed by atoms with E-state index in [9.17, 15) is 0 Å². The molecular formula is C10H22N2S. The molecule has 0 bridgehead atoms. The maximum atomic E-state index is 3.48. The van der Waals surface area contributed by atoms with Crippen LogP contribution in [0, 0.1) is 5.92 Å². The molecule has 0 radical (unpaired) electrons. The van der Waals surface area contributed by atoms with Gasteiger partial charge in [0, 0.05) is 37.7 Å². The quantitative estimate of drug-likeness (QED) is 0.676. The SMILES string of the molecule is CC(C)CNCCN1CCSCC1. The van der Waals surface area contributed by atoms with Crippen molar-refractivity contribution < 1.29 is 0 Å². The third-order valence-corrected chi connectivity index (χ3v) is 3.20. The summed E-state index contributed by atoms with van der Waals surface area (Å²) in [7, 11) is 0.